The molecular weight excluding hydrogens is 244 g/mol. The number of imidazole rings is 1. The maximum absolute atomic E-state index is 12.1. The van der Waals surface area contributed by atoms with Crippen LogP contribution in [0, 0.1) is 5.92 Å². The highest BCUT2D eigenvalue weighted by Crippen LogP contribution is 2.29. The van der Waals surface area contributed by atoms with Crippen molar-refractivity contribution in [1.29, 1.82) is 0 Å². The maximum atomic E-state index is 12.1. The summed E-state index contributed by atoms with van der Waals surface area (Å²) in [6.07, 6.45) is 2.16. The number of nitrogens with zero attached hydrogens (tertiary/aromatic N) is 3. The van der Waals surface area contributed by atoms with E-state index in [1.54, 1.807) is 7.05 Å². The Morgan fingerprint density at radius 2 is 2.18 bits per heavy atom. The number of nitrogens with one attached hydrogen (secondary N) is 1. The molecule has 2 heterocycles. The molecule has 3 rings (SSSR count). The van der Waals surface area contributed by atoms with Crippen molar-refractivity contribution in [3.8, 4) is 0 Å². The molecule has 2 aromatic rings. The van der Waals surface area contributed by atoms with Gasteiger partial charge in [-0.05, 0) is 30.4 Å². The lowest BCUT2D eigenvalue weighted by Crippen LogP contribution is -2.39. The molecule has 1 aliphatic carbocycles. The second kappa shape index (κ2) is 3.46. The van der Waals surface area contributed by atoms with Gasteiger partial charge in [-0.1, -0.05) is 0 Å². The fraction of sp³-hybridized carbons (Fsp3) is 0.500. The lowest BCUT2D eigenvalue weighted by molar-refractivity contribution is 0.558. The second-order valence-electron chi connectivity index (χ2n) is 4.43. The third kappa shape index (κ3) is 1.59. The quantitative estimate of drug-likeness (QED) is 0.793. The molecule has 1 aliphatic rings. The van der Waals surface area contributed by atoms with E-state index in [9.17, 15) is 9.59 Å². The van der Waals surface area contributed by atoms with Crippen LogP contribution in [0.25, 0.3) is 11.2 Å². The number of aromatic amines is 1. The summed E-state index contributed by atoms with van der Waals surface area (Å²) in [5.74, 6) is 0.455. The van der Waals surface area contributed by atoms with Gasteiger partial charge in [0.15, 0.2) is 11.2 Å². The van der Waals surface area contributed by atoms with Crippen molar-refractivity contribution >= 4 is 22.8 Å². The summed E-state index contributed by atoms with van der Waals surface area (Å²) in [4.78, 5) is 30.7. The summed E-state index contributed by atoms with van der Waals surface area (Å²) in [6, 6.07) is 0. The van der Waals surface area contributed by atoms with E-state index in [0.717, 1.165) is 12.8 Å². The molecule has 17 heavy (non-hydrogen) atoms. The van der Waals surface area contributed by atoms with Gasteiger partial charge in [-0.3, -0.25) is 13.9 Å². The van der Waals surface area contributed by atoms with Gasteiger partial charge in [0.2, 0.25) is 5.28 Å². The number of H-pyrrole nitrogens is 1. The molecule has 0 bridgehead atoms. The van der Waals surface area contributed by atoms with E-state index in [1.165, 1.54) is 9.13 Å². The van der Waals surface area contributed by atoms with E-state index in [-0.39, 0.29) is 22.0 Å². The standard InChI is InChI=1S/C10H11ClN4O2/c1-14-7-6(12-9(11)13-7)8(16)15(10(14)17)4-5-2-3-5/h5H,2-4H2,1H3,(H,12,13). The van der Waals surface area contributed by atoms with E-state index in [4.69, 9.17) is 11.6 Å². The third-order valence-corrected chi connectivity index (χ3v) is 3.27. The average molecular weight is 255 g/mol. The van der Waals surface area contributed by atoms with Gasteiger partial charge >= 0.3 is 5.69 Å². The number of fused-ring (bicyclic) bond motifs is 1. The Morgan fingerprint density at radius 3 is 2.82 bits per heavy atom. The van der Waals surface area contributed by atoms with Crippen molar-refractivity contribution in [1.82, 2.24) is 19.1 Å². The van der Waals surface area contributed by atoms with E-state index >= 15 is 0 Å². The molecule has 0 radical (unpaired) electrons. The van der Waals surface area contributed by atoms with Crippen LogP contribution in [0.2, 0.25) is 5.28 Å². The molecular formula is C10H11ClN4O2. The van der Waals surface area contributed by atoms with E-state index in [0.29, 0.717) is 18.1 Å². The van der Waals surface area contributed by atoms with Gasteiger partial charge in [0, 0.05) is 13.6 Å². The number of hydrogen-bond donors (Lipinski definition) is 1. The minimum atomic E-state index is -0.339. The summed E-state index contributed by atoms with van der Waals surface area (Å²) in [6.45, 7) is 0.484. The van der Waals surface area contributed by atoms with Crippen LogP contribution in [0.15, 0.2) is 9.59 Å². The largest absolute Gasteiger partial charge is 0.332 e. The highest BCUT2D eigenvalue weighted by atomic mass is 35.5. The van der Waals surface area contributed by atoms with E-state index < -0.39 is 0 Å². The summed E-state index contributed by atoms with van der Waals surface area (Å²) < 4.78 is 2.61. The Hall–Kier alpha value is -1.56. The molecule has 0 amide bonds. The zero-order valence-electron chi connectivity index (χ0n) is 9.23. The molecule has 0 saturated heterocycles. The van der Waals surface area contributed by atoms with Crippen molar-refractivity contribution in [2.45, 2.75) is 19.4 Å². The molecule has 90 valence electrons. The van der Waals surface area contributed by atoms with E-state index in [2.05, 4.69) is 9.97 Å². The van der Waals surface area contributed by atoms with Gasteiger partial charge in [0.1, 0.15) is 0 Å². The van der Waals surface area contributed by atoms with Crippen molar-refractivity contribution in [3.05, 3.63) is 26.1 Å². The van der Waals surface area contributed by atoms with Crippen LogP contribution in [0.4, 0.5) is 0 Å². The van der Waals surface area contributed by atoms with Crippen LogP contribution in [-0.4, -0.2) is 19.1 Å². The average Bonchev–Trinajstić information content (AvgIpc) is 3.03. The summed E-state index contributed by atoms with van der Waals surface area (Å²) in [5.41, 5.74) is -0.0817. The van der Waals surface area contributed by atoms with Crippen LogP contribution >= 0.6 is 11.6 Å². The van der Waals surface area contributed by atoms with Gasteiger partial charge < -0.3 is 4.98 Å². The smallest absolute Gasteiger partial charge is 0.323 e. The molecule has 7 heteroatoms. The normalized spacial score (nSPS) is 15.6. The number of rotatable bonds is 2. The summed E-state index contributed by atoms with van der Waals surface area (Å²) >= 11 is 5.72. The molecule has 0 atom stereocenters. The Morgan fingerprint density at radius 1 is 1.47 bits per heavy atom. The molecule has 6 nitrogen and oxygen atoms in total. The number of aromatic nitrogens is 4. The van der Waals surface area contributed by atoms with Crippen LogP contribution in [0.1, 0.15) is 12.8 Å². The first kappa shape index (κ1) is 10.6. The van der Waals surface area contributed by atoms with Gasteiger partial charge in [-0.15, -0.1) is 0 Å². The molecule has 0 spiro atoms. The zero-order chi connectivity index (χ0) is 12.2. The molecule has 0 unspecified atom stereocenters. The van der Waals surface area contributed by atoms with Crippen LogP contribution in [0.5, 0.6) is 0 Å². The predicted octanol–water partition coefficient (Wildman–Crippen LogP) is 0.487. The van der Waals surface area contributed by atoms with Gasteiger partial charge in [-0.25, -0.2) is 4.79 Å². The second-order valence-corrected chi connectivity index (χ2v) is 4.78. The van der Waals surface area contributed by atoms with Crippen LogP contribution in [0.3, 0.4) is 0 Å². The molecule has 0 aromatic carbocycles. The fourth-order valence-electron chi connectivity index (χ4n) is 1.94. The topological polar surface area (TPSA) is 72.7 Å². The molecule has 0 aliphatic heterocycles. The first-order valence-electron chi connectivity index (χ1n) is 5.43. The molecule has 2 aromatic heterocycles. The minimum Gasteiger partial charge on any atom is -0.323 e. The number of hydrogen-bond acceptors (Lipinski definition) is 3. The Labute approximate surface area is 101 Å². The molecule has 1 N–H and O–H groups in total. The summed E-state index contributed by atoms with van der Waals surface area (Å²) in [5, 5.41) is 0.122. The SMILES string of the molecule is Cn1c(=O)n(CC2CC2)c(=O)c2[nH]c(Cl)nc21. The predicted molar refractivity (Wildman–Crippen MR) is 63.3 cm³/mol. The monoisotopic (exact) mass is 254 g/mol. The van der Waals surface area contributed by atoms with Gasteiger partial charge in [0.25, 0.3) is 5.56 Å². The van der Waals surface area contributed by atoms with Crippen LogP contribution in [-0.2, 0) is 13.6 Å². The Balaban J connectivity index is 2.34. The number of aryl methyl sites for hydroxylation is 1. The highest BCUT2D eigenvalue weighted by molar-refractivity contribution is 6.28. The first-order chi connectivity index (χ1) is 8.08. The summed E-state index contributed by atoms with van der Waals surface area (Å²) in [7, 11) is 1.59. The van der Waals surface area contributed by atoms with Crippen molar-refractivity contribution in [3.63, 3.8) is 0 Å². The van der Waals surface area contributed by atoms with Gasteiger partial charge in [-0.2, -0.15) is 4.98 Å². The third-order valence-electron chi connectivity index (χ3n) is 3.09. The fourth-order valence-corrected chi connectivity index (χ4v) is 2.12. The number of halogens is 1. The first-order valence-corrected chi connectivity index (χ1v) is 5.81. The zero-order valence-corrected chi connectivity index (χ0v) is 9.99. The molecule has 1 fully saturated rings. The van der Waals surface area contributed by atoms with E-state index in [1.807, 2.05) is 0 Å². The highest BCUT2D eigenvalue weighted by Gasteiger charge is 2.24. The maximum Gasteiger partial charge on any atom is 0.332 e. The Kier molecular flexibility index (Phi) is 2.16. The Bertz CT molecular complexity index is 707. The van der Waals surface area contributed by atoms with Crippen molar-refractivity contribution in [2.75, 3.05) is 0 Å². The van der Waals surface area contributed by atoms with Crippen molar-refractivity contribution < 1.29 is 0 Å². The van der Waals surface area contributed by atoms with Crippen LogP contribution < -0.4 is 11.2 Å². The van der Waals surface area contributed by atoms with Crippen molar-refractivity contribution in [2.24, 2.45) is 13.0 Å². The molecule has 1 saturated carbocycles. The lowest BCUT2D eigenvalue weighted by Gasteiger charge is -2.06. The minimum absolute atomic E-state index is 0.122. The van der Waals surface area contributed by atoms with Gasteiger partial charge in [0.05, 0.1) is 0 Å². The lowest BCUT2D eigenvalue weighted by atomic mass is 10.4.